The Kier molecular flexibility index (Phi) is 4.35. The maximum Gasteiger partial charge on any atom is 0.335 e. The molecular weight excluding hydrogens is 283 g/mol. The van der Waals surface area contributed by atoms with Gasteiger partial charge in [-0.15, -0.1) is 11.8 Å². The summed E-state index contributed by atoms with van der Waals surface area (Å²) < 4.78 is 14.0. The van der Waals surface area contributed by atoms with E-state index in [1.807, 2.05) is 0 Å². The zero-order valence-electron chi connectivity index (χ0n) is 7.67. The number of rotatable bonds is 4. The van der Waals surface area contributed by atoms with Crippen molar-refractivity contribution >= 4 is 33.7 Å². The fourth-order valence-corrected chi connectivity index (χ4v) is 1.97. The van der Waals surface area contributed by atoms with Crippen LogP contribution >= 0.6 is 27.7 Å². The third-order valence-electron chi connectivity index (χ3n) is 1.56. The first-order chi connectivity index (χ1) is 7.00. The number of carboxylic acids is 1. The maximum absolute atomic E-state index is 13.2. The molecule has 0 saturated heterocycles. The van der Waals surface area contributed by atoms with Crippen LogP contribution in [0.4, 0.5) is 4.39 Å². The number of aromatic carboxylic acids is 1. The van der Waals surface area contributed by atoms with E-state index in [-0.39, 0.29) is 5.56 Å². The molecule has 80 valence electrons. The van der Waals surface area contributed by atoms with Gasteiger partial charge in [-0.25, -0.2) is 9.18 Å². The van der Waals surface area contributed by atoms with E-state index in [4.69, 9.17) is 5.11 Å². The first-order valence-electron chi connectivity index (χ1n) is 3.99. The summed E-state index contributed by atoms with van der Waals surface area (Å²) in [5.41, 5.74) is 0.0825. The molecule has 0 aliphatic rings. The molecule has 0 bridgehead atoms. The molecule has 0 amide bonds. The first-order valence-corrected chi connectivity index (χ1v) is 5.77. The van der Waals surface area contributed by atoms with E-state index in [0.29, 0.717) is 10.6 Å². The van der Waals surface area contributed by atoms with Gasteiger partial charge < -0.3 is 5.11 Å². The second kappa shape index (κ2) is 5.32. The summed E-state index contributed by atoms with van der Waals surface area (Å²) in [6.45, 7) is 3.61. The smallest absolute Gasteiger partial charge is 0.335 e. The summed E-state index contributed by atoms with van der Waals surface area (Å²) in [4.78, 5) is 11.0. The Morgan fingerprint density at radius 3 is 2.80 bits per heavy atom. The molecule has 0 heterocycles. The van der Waals surface area contributed by atoms with Crippen LogP contribution in [0, 0.1) is 5.82 Å². The Hall–Kier alpha value is -0.810. The summed E-state index contributed by atoms with van der Waals surface area (Å²) in [7, 11) is 0. The standard InChI is InChI=1S/C10H8BrFO2S/c1-6(11)5-15-9-4-7(10(13)14)2-3-8(9)12/h2-4H,1,5H2,(H,13,14). The predicted octanol–water partition coefficient (Wildman–Crippen LogP) is 3.52. The molecule has 0 radical (unpaired) electrons. The van der Waals surface area contributed by atoms with E-state index in [0.717, 1.165) is 10.5 Å². The minimum Gasteiger partial charge on any atom is -0.478 e. The van der Waals surface area contributed by atoms with E-state index in [2.05, 4.69) is 22.5 Å². The van der Waals surface area contributed by atoms with Crippen molar-refractivity contribution in [2.75, 3.05) is 5.75 Å². The summed E-state index contributed by atoms with van der Waals surface area (Å²) >= 11 is 4.35. The van der Waals surface area contributed by atoms with Crippen molar-refractivity contribution in [2.45, 2.75) is 4.90 Å². The molecular formula is C10H8BrFO2S. The molecule has 0 aliphatic carbocycles. The molecule has 15 heavy (non-hydrogen) atoms. The third-order valence-corrected chi connectivity index (χ3v) is 3.33. The number of carboxylic acid groups (broad SMARTS) is 1. The normalized spacial score (nSPS) is 10.0. The lowest BCUT2D eigenvalue weighted by Gasteiger charge is -2.03. The van der Waals surface area contributed by atoms with Gasteiger partial charge >= 0.3 is 5.97 Å². The van der Waals surface area contributed by atoms with Gasteiger partial charge in [-0.3, -0.25) is 0 Å². The topological polar surface area (TPSA) is 37.3 Å². The van der Waals surface area contributed by atoms with Crippen LogP contribution in [0.2, 0.25) is 0 Å². The van der Waals surface area contributed by atoms with Crippen molar-refractivity contribution in [1.29, 1.82) is 0 Å². The Balaban J connectivity index is 2.90. The fourth-order valence-electron chi connectivity index (χ4n) is 0.903. The molecule has 0 fully saturated rings. The summed E-state index contributed by atoms with van der Waals surface area (Å²) in [6.07, 6.45) is 0. The van der Waals surface area contributed by atoms with Gasteiger partial charge in [0.2, 0.25) is 0 Å². The number of hydrogen-bond donors (Lipinski definition) is 1. The highest BCUT2D eigenvalue weighted by Crippen LogP contribution is 2.25. The lowest BCUT2D eigenvalue weighted by molar-refractivity contribution is 0.0696. The van der Waals surface area contributed by atoms with Gasteiger partial charge in [0.25, 0.3) is 0 Å². The van der Waals surface area contributed by atoms with Gasteiger partial charge in [0.05, 0.1) is 5.56 Å². The minimum absolute atomic E-state index is 0.0825. The lowest BCUT2D eigenvalue weighted by atomic mass is 10.2. The summed E-state index contributed by atoms with van der Waals surface area (Å²) in [6, 6.07) is 3.71. The number of hydrogen-bond acceptors (Lipinski definition) is 2. The van der Waals surface area contributed by atoms with Gasteiger partial charge in [-0.1, -0.05) is 22.5 Å². The van der Waals surface area contributed by atoms with E-state index in [1.165, 1.54) is 23.9 Å². The molecule has 1 aromatic rings. The first kappa shape index (κ1) is 12.3. The maximum atomic E-state index is 13.2. The van der Waals surface area contributed by atoms with E-state index in [9.17, 15) is 9.18 Å². The highest BCUT2D eigenvalue weighted by molar-refractivity contribution is 9.11. The van der Waals surface area contributed by atoms with Gasteiger partial charge in [0.15, 0.2) is 0 Å². The SMILES string of the molecule is C=C(Br)CSc1cc(C(=O)O)ccc1F. The molecule has 2 nitrogen and oxygen atoms in total. The van der Waals surface area contributed by atoms with Crippen LogP contribution in [-0.2, 0) is 0 Å². The molecule has 5 heteroatoms. The average molecular weight is 291 g/mol. The van der Waals surface area contributed by atoms with E-state index >= 15 is 0 Å². The van der Waals surface area contributed by atoms with E-state index < -0.39 is 11.8 Å². The van der Waals surface area contributed by atoms with Gasteiger partial charge in [0, 0.05) is 10.6 Å². The minimum atomic E-state index is -1.06. The number of halogens is 2. The number of carbonyl (C=O) groups is 1. The van der Waals surface area contributed by atoms with Crippen molar-refractivity contribution in [1.82, 2.24) is 0 Å². The lowest BCUT2D eigenvalue weighted by Crippen LogP contribution is -1.97. The second-order valence-corrected chi connectivity index (χ2v) is 4.89. The molecule has 0 atom stereocenters. The molecule has 1 N–H and O–H groups in total. The van der Waals surface area contributed by atoms with Crippen LogP contribution in [-0.4, -0.2) is 16.8 Å². The summed E-state index contributed by atoms with van der Waals surface area (Å²) in [5, 5.41) is 8.72. The van der Waals surface area contributed by atoms with Crippen molar-refractivity contribution in [2.24, 2.45) is 0 Å². The molecule has 0 aromatic heterocycles. The van der Waals surface area contributed by atoms with Crippen LogP contribution in [0.15, 0.2) is 34.2 Å². The Labute approximate surface area is 99.3 Å². The number of thioether (sulfide) groups is 1. The van der Waals surface area contributed by atoms with Crippen molar-refractivity contribution in [3.05, 3.63) is 40.6 Å². The van der Waals surface area contributed by atoms with Crippen molar-refractivity contribution < 1.29 is 14.3 Å². The van der Waals surface area contributed by atoms with Crippen LogP contribution < -0.4 is 0 Å². The molecule has 0 spiro atoms. The summed E-state index contributed by atoms with van der Waals surface area (Å²) in [5.74, 6) is -0.978. The van der Waals surface area contributed by atoms with E-state index in [1.54, 1.807) is 0 Å². The van der Waals surface area contributed by atoms with Crippen LogP contribution in [0.3, 0.4) is 0 Å². The third kappa shape index (κ3) is 3.68. The predicted molar refractivity (Wildman–Crippen MR) is 62.2 cm³/mol. The quantitative estimate of drug-likeness (QED) is 0.862. The Morgan fingerprint density at radius 1 is 1.60 bits per heavy atom. The van der Waals surface area contributed by atoms with Gasteiger partial charge in [0.1, 0.15) is 5.82 Å². The second-order valence-electron chi connectivity index (χ2n) is 2.76. The zero-order valence-corrected chi connectivity index (χ0v) is 10.1. The molecule has 0 aliphatic heterocycles. The average Bonchev–Trinajstić information content (AvgIpc) is 2.16. The highest BCUT2D eigenvalue weighted by Gasteiger charge is 2.08. The molecule has 0 saturated carbocycles. The zero-order chi connectivity index (χ0) is 11.4. The van der Waals surface area contributed by atoms with Crippen molar-refractivity contribution in [3.63, 3.8) is 0 Å². The highest BCUT2D eigenvalue weighted by atomic mass is 79.9. The largest absolute Gasteiger partial charge is 0.478 e. The monoisotopic (exact) mass is 290 g/mol. The molecule has 0 unspecified atom stereocenters. The van der Waals surface area contributed by atoms with Gasteiger partial charge in [-0.2, -0.15) is 0 Å². The molecule has 1 rings (SSSR count). The Bertz CT molecular complexity index is 406. The molecule has 1 aromatic carbocycles. The van der Waals surface area contributed by atoms with Crippen LogP contribution in [0.25, 0.3) is 0 Å². The fraction of sp³-hybridized carbons (Fsp3) is 0.100. The van der Waals surface area contributed by atoms with Crippen LogP contribution in [0.1, 0.15) is 10.4 Å². The van der Waals surface area contributed by atoms with Crippen LogP contribution in [0.5, 0.6) is 0 Å². The Morgan fingerprint density at radius 2 is 2.27 bits per heavy atom. The number of benzene rings is 1. The van der Waals surface area contributed by atoms with Gasteiger partial charge in [-0.05, 0) is 22.7 Å². The van der Waals surface area contributed by atoms with Crippen molar-refractivity contribution in [3.8, 4) is 0 Å².